The van der Waals surface area contributed by atoms with Gasteiger partial charge < -0.3 is 24.6 Å². The van der Waals surface area contributed by atoms with Gasteiger partial charge in [-0.3, -0.25) is 4.79 Å². The summed E-state index contributed by atoms with van der Waals surface area (Å²) in [4.78, 5) is 31.7. The van der Waals surface area contributed by atoms with Crippen molar-refractivity contribution in [3.8, 4) is 0 Å². The molecule has 1 fully saturated rings. The molecule has 2 amide bonds. The Balaban J connectivity index is 1.71. The number of anilines is 2. The quantitative estimate of drug-likeness (QED) is 0.763. The molecular weight excluding hydrogens is 372 g/mol. The summed E-state index contributed by atoms with van der Waals surface area (Å²) in [7, 11) is 2.00. The maximum Gasteiger partial charge on any atom is 0.410 e. The molecule has 0 spiro atoms. The third-order valence-electron chi connectivity index (χ3n) is 5.18. The van der Waals surface area contributed by atoms with Gasteiger partial charge in [0.15, 0.2) is 5.82 Å². The number of nitrogens with zero attached hydrogens (tertiary/aromatic N) is 3. The first kappa shape index (κ1) is 21.1. The highest BCUT2D eigenvalue weighted by Gasteiger charge is 2.29. The van der Waals surface area contributed by atoms with E-state index in [1.165, 1.54) is 0 Å². The number of amides is 2. The normalized spacial score (nSPS) is 17.7. The number of pyridine rings is 1. The Kier molecular flexibility index (Phi) is 6.42. The van der Waals surface area contributed by atoms with Crippen molar-refractivity contribution < 1.29 is 19.1 Å². The fourth-order valence-electron chi connectivity index (χ4n) is 3.61. The number of hydrogen-bond donors (Lipinski definition) is 1. The molecule has 1 aromatic heterocycles. The van der Waals surface area contributed by atoms with E-state index in [1.807, 2.05) is 40.0 Å². The minimum atomic E-state index is -0.495. The van der Waals surface area contributed by atoms with Gasteiger partial charge in [0.05, 0.1) is 18.9 Å². The topological polar surface area (TPSA) is 84.0 Å². The summed E-state index contributed by atoms with van der Waals surface area (Å²) in [5.41, 5.74) is 2.46. The SMILES string of the molecule is CN(c1cc(C2=CCOC2)cnc1NC=O)C1CCN(C(=O)OC(C)(C)C)CC1. The molecule has 29 heavy (non-hydrogen) atoms. The average molecular weight is 402 g/mol. The monoisotopic (exact) mass is 402 g/mol. The Bertz CT molecular complexity index is 779. The fourth-order valence-corrected chi connectivity index (χ4v) is 3.61. The minimum Gasteiger partial charge on any atom is -0.444 e. The highest BCUT2D eigenvalue weighted by molar-refractivity contribution is 5.81. The second-order valence-corrected chi connectivity index (χ2v) is 8.41. The standard InChI is InChI=1S/C21H30N4O4/c1-21(2,3)29-20(27)25-8-5-17(6-9-25)24(4)18-11-16(15-7-10-28-13-15)12-22-19(18)23-14-26/h7,11-12,14,17H,5-6,8-10,13H2,1-4H3,(H,22,23,26). The van der Waals surface area contributed by atoms with Gasteiger partial charge in [-0.25, -0.2) is 9.78 Å². The lowest BCUT2D eigenvalue weighted by atomic mass is 10.0. The van der Waals surface area contributed by atoms with Gasteiger partial charge in [-0.1, -0.05) is 6.08 Å². The zero-order valence-electron chi connectivity index (χ0n) is 17.6. The number of hydrogen-bond acceptors (Lipinski definition) is 6. The summed E-state index contributed by atoms with van der Waals surface area (Å²) in [6.45, 7) is 8.06. The highest BCUT2D eigenvalue weighted by Crippen LogP contribution is 2.31. The Morgan fingerprint density at radius 3 is 2.69 bits per heavy atom. The lowest BCUT2D eigenvalue weighted by molar-refractivity contribution is -0.105. The molecule has 3 heterocycles. The summed E-state index contributed by atoms with van der Waals surface area (Å²) in [5.74, 6) is 0.528. The van der Waals surface area contributed by atoms with Gasteiger partial charge in [0.25, 0.3) is 0 Å². The number of rotatable bonds is 5. The molecule has 2 aliphatic heterocycles. The number of nitrogens with one attached hydrogen (secondary N) is 1. The van der Waals surface area contributed by atoms with E-state index < -0.39 is 5.60 Å². The zero-order valence-corrected chi connectivity index (χ0v) is 17.6. The predicted octanol–water partition coefficient (Wildman–Crippen LogP) is 2.90. The van der Waals surface area contributed by atoms with Crippen LogP contribution in [0.4, 0.5) is 16.3 Å². The van der Waals surface area contributed by atoms with Crippen molar-refractivity contribution in [2.45, 2.75) is 45.3 Å². The van der Waals surface area contributed by atoms with Crippen molar-refractivity contribution in [2.24, 2.45) is 0 Å². The van der Waals surface area contributed by atoms with E-state index in [4.69, 9.17) is 9.47 Å². The van der Waals surface area contributed by atoms with E-state index in [1.54, 1.807) is 11.1 Å². The molecule has 8 heteroatoms. The van der Waals surface area contributed by atoms with Crippen LogP contribution in [0.1, 0.15) is 39.2 Å². The van der Waals surface area contributed by atoms with Crippen LogP contribution in [-0.2, 0) is 14.3 Å². The summed E-state index contributed by atoms with van der Waals surface area (Å²) in [6, 6.07) is 2.27. The number of aromatic nitrogens is 1. The average Bonchev–Trinajstić information content (AvgIpc) is 3.21. The smallest absolute Gasteiger partial charge is 0.410 e. The first-order valence-corrected chi connectivity index (χ1v) is 9.96. The van der Waals surface area contributed by atoms with Crippen LogP contribution < -0.4 is 10.2 Å². The van der Waals surface area contributed by atoms with Crippen LogP contribution in [0.2, 0.25) is 0 Å². The van der Waals surface area contributed by atoms with Crippen LogP contribution in [0.3, 0.4) is 0 Å². The van der Waals surface area contributed by atoms with E-state index in [2.05, 4.69) is 15.2 Å². The van der Waals surface area contributed by atoms with Crippen molar-refractivity contribution in [2.75, 3.05) is 43.6 Å². The van der Waals surface area contributed by atoms with Crippen molar-refractivity contribution in [1.29, 1.82) is 0 Å². The summed E-state index contributed by atoms with van der Waals surface area (Å²) in [6.07, 6.45) is 5.81. The molecule has 2 aliphatic rings. The molecule has 0 saturated carbocycles. The number of piperidine rings is 1. The van der Waals surface area contributed by atoms with Gasteiger partial charge in [0, 0.05) is 37.9 Å². The number of likely N-dealkylation sites (tertiary alicyclic amines) is 1. The van der Waals surface area contributed by atoms with Gasteiger partial charge in [0.2, 0.25) is 6.41 Å². The highest BCUT2D eigenvalue weighted by atomic mass is 16.6. The molecule has 0 bridgehead atoms. The summed E-state index contributed by atoms with van der Waals surface area (Å²) >= 11 is 0. The van der Waals surface area contributed by atoms with Gasteiger partial charge in [-0.2, -0.15) is 0 Å². The second-order valence-electron chi connectivity index (χ2n) is 8.41. The Morgan fingerprint density at radius 2 is 2.10 bits per heavy atom. The minimum absolute atomic E-state index is 0.228. The third kappa shape index (κ3) is 5.26. The van der Waals surface area contributed by atoms with Crippen LogP contribution in [0.5, 0.6) is 0 Å². The van der Waals surface area contributed by atoms with Gasteiger partial charge >= 0.3 is 6.09 Å². The van der Waals surface area contributed by atoms with E-state index in [0.29, 0.717) is 38.5 Å². The van der Waals surface area contributed by atoms with E-state index in [-0.39, 0.29) is 12.1 Å². The van der Waals surface area contributed by atoms with Crippen LogP contribution >= 0.6 is 0 Å². The van der Waals surface area contributed by atoms with Gasteiger partial charge in [-0.15, -0.1) is 0 Å². The molecule has 1 N–H and O–H groups in total. The van der Waals surface area contributed by atoms with Crippen molar-refractivity contribution in [3.63, 3.8) is 0 Å². The summed E-state index contributed by atoms with van der Waals surface area (Å²) in [5, 5.41) is 2.70. The fraction of sp³-hybridized carbons (Fsp3) is 0.571. The maximum atomic E-state index is 12.3. The zero-order chi connectivity index (χ0) is 21.0. The third-order valence-corrected chi connectivity index (χ3v) is 5.18. The summed E-state index contributed by atoms with van der Waals surface area (Å²) < 4.78 is 10.9. The number of ether oxygens (including phenoxy) is 2. The van der Waals surface area contributed by atoms with E-state index >= 15 is 0 Å². The Labute approximate surface area is 171 Å². The number of carbonyl (C=O) groups is 2. The molecule has 0 radical (unpaired) electrons. The van der Waals surface area contributed by atoms with Crippen molar-refractivity contribution in [3.05, 3.63) is 23.9 Å². The first-order valence-electron chi connectivity index (χ1n) is 9.96. The maximum absolute atomic E-state index is 12.3. The number of carbonyl (C=O) groups excluding carboxylic acids is 2. The van der Waals surface area contributed by atoms with Crippen LogP contribution in [0.15, 0.2) is 18.3 Å². The Morgan fingerprint density at radius 1 is 1.38 bits per heavy atom. The molecule has 0 aliphatic carbocycles. The van der Waals surface area contributed by atoms with E-state index in [0.717, 1.165) is 29.7 Å². The van der Waals surface area contributed by atoms with Crippen LogP contribution in [0, 0.1) is 0 Å². The molecule has 158 valence electrons. The Hall–Kier alpha value is -2.61. The molecule has 0 atom stereocenters. The predicted molar refractivity (Wildman–Crippen MR) is 112 cm³/mol. The molecule has 0 unspecified atom stereocenters. The van der Waals surface area contributed by atoms with Crippen LogP contribution in [0.25, 0.3) is 5.57 Å². The lowest BCUT2D eigenvalue weighted by Gasteiger charge is -2.38. The molecular formula is C21H30N4O4. The molecule has 1 aromatic rings. The van der Waals surface area contributed by atoms with Crippen LogP contribution in [-0.4, -0.2) is 67.4 Å². The van der Waals surface area contributed by atoms with Crippen molar-refractivity contribution in [1.82, 2.24) is 9.88 Å². The second kappa shape index (κ2) is 8.82. The molecule has 1 saturated heterocycles. The van der Waals surface area contributed by atoms with E-state index in [9.17, 15) is 9.59 Å². The van der Waals surface area contributed by atoms with Crippen molar-refractivity contribution >= 4 is 29.6 Å². The van der Waals surface area contributed by atoms with Gasteiger partial charge in [-0.05, 0) is 45.3 Å². The molecule has 8 nitrogen and oxygen atoms in total. The van der Waals surface area contributed by atoms with Gasteiger partial charge in [0.1, 0.15) is 5.60 Å². The lowest BCUT2D eigenvalue weighted by Crippen LogP contribution is -2.47. The molecule has 0 aromatic carbocycles. The molecule has 3 rings (SSSR count). The first-order chi connectivity index (χ1) is 13.8. The largest absolute Gasteiger partial charge is 0.444 e.